The van der Waals surface area contributed by atoms with E-state index in [1.54, 1.807) is 0 Å². The van der Waals surface area contributed by atoms with Crippen molar-refractivity contribution in [2.24, 2.45) is 0 Å². The molecule has 0 aliphatic carbocycles. The number of fused-ring (bicyclic) bond motifs is 1. The largest absolute Gasteiger partial charge is 0.0616 e. The van der Waals surface area contributed by atoms with E-state index in [2.05, 4.69) is 88.4 Å². The Kier molecular flexibility index (Phi) is 4.37. The van der Waals surface area contributed by atoms with E-state index in [0.717, 1.165) is 15.6 Å². The van der Waals surface area contributed by atoms with Crippen molar-refractivity contribution in [3.05, 3.63) is 107 Å². The summed E-state index contributed by atoms with van der Waals surface area (Å²) in [5, 5.41) is 2.51. The van der Waals surface area contributed by atoms with Crippen LogP contribution in [0, 0.1) is 11.8 Å². The Balaban J connectivity index is 1.71. The smallest absolute Gasteiger partial charge is 0.0391 e. The summed E-state index contributed by atoms with van der Waals surface area (Å²) < 4.78 is 1.02. The maximum Gasteiger partial charge on any atom is 0.0391 e. The van der Waals surface area contributed by atoms with Gasteiger partial charge in [0.2, 0.25) is 0 Å². The van der Waals surface area contributed by atoms with Crippen LogP contribution in [0.1, 0.15) is 11.1 Å². The number of halogens is 1. The molecule has 0 bridgehead atoms. The molecule has 0 spiro atoms. The molecule has 1 heteroatoms. The summed E-state index contributed by atoms with van der Waals surface area (Å²) in [6, 6.07) is 31.4. The molecule has 118 valence electrons. The Morgan fingerprint density at radius 3 is 2.20 bits per heavy atom. The van der Waals surface area contributed by atoms with Crippen LogP contribution in [0.4, 0.5) is 0 Å². The van der Waals surface area contributed by atoms with E-state index in [1.807, 2.05) is 30.3 Å². The third-order valence-electron chi connectivity index (χ3n) is 4.16. The quantitative estimate of drug-likeness (QED) is 0.322. The Bertz CT molecular complexity index is 1110. The first kappa shape index (κ1) is 15.7. The zero-order chi connectivity index (χ0) is 17.1. The van der Waals surface area contributed by atoms with Crippen LogP contribution in [0.3, 0.4) is 0 Å². The average molecular weight is 383 g/mol. The van der Waals surface area contributed by atoms with Crippen molar-refractivity contribution in [1.82, 2.24) is 0 Å². The fraction of sp³-hybridized carbons (Fsp3) is 0. The highest BCUT2D eigenvalue weighted by Crippen LogP contribution is 2.25. The van der Waals surface area contributed by atoms with Crippen LogP contribution in [-0.4, -0.2) is 0 Å². The molecule has 0 aliphatic rings. The SMILES string of the molecule is Brc1ccccc1C#Cc1cccc(-c2ccc3ccccc3c2)c1. The lowest BCUT2D eigenvalue weighted by Crippen LogP contribution is -1.82. The summed E-state index contributed by atoms with van der Waals surface area (Å²) in [4.78, 5) is 0. The fourth-order valence-corrected chi connectivity index (χ4v) is 3.23. The maximum absolute atomic E-state index is 3.54. The molecule has 0 nitrogen and oxygen atoms in total. The predicted octanol–water partition coefficient (Wildman–Crippen LogP) is 6.67. The highest BCUT2D eigenvalue weighted by atomic mass is 79.9. The van der Waals surface area contributed by atoms with Crippen molar-refractivity contribution in [1.29, 1.82) is 0 Å². The van der Waals surface area contributed by atoms with E-state index in [-0.39, 0.29) is 0 Å². The van der Waals surface area contributed by atoms with Crippen LogP contribution in [0.25, 0.3) is 21.9 Å². The minimum absolute atomic E-state index is 0.999. The molecular weight excluding hydrogens is 368 g/mol. The third kappa shape index (κ3) is 3.50. The van der Waals surface area contributed by atoms with E-state index in [1.165, 1.54) is 21.9 Å². The number of rotatable bonds is 1. The molecular formula is C24H15Br. The molecule has 0 fully saturated rings. The monoisotopic (exact) mass is 382 g/mol. The molecule has 0 saturated heterocycles. The predicted molar refractivity (Wildman–Crippen MR) is 110 cm³/mol. The van der Waals surface area contributed by atoms with Crippen molar-refractivity contribution in [3.8, 4) is 23.0 Å². The van der Waals surface area contributed by atoms with E-state index < -0.39 is 0 Å². The number of benzene rings is 4. The zero-order valence-corrected chi connectivity index (χ0v) is 15.1. The van der Waals surface area contributed by atoms with E-state index in [0.29, 0.717) is 0 Å². The van der Waals surface area contributed by atoms with Crippen molar-refractivity contribution in [2.75, 3.05) is 0 Å². The Hall–Kier alpha value is -2.82. The van der Waals surface area contributed by atoms with Crippen LogP contribution < -0.4 is 0 Å². The molecule has 0 unspecified atom stereocenters. The Morgan fingerprint density at radius 1 is 0.560 bits per heavy atom. The summed E-state index contributed by atoms with van der Waals surface area (Å²) >= 11 is 3.54. The summed E-state index contributed by atoms with van der Waals surface area (Å²) in [7, 11) is 0. The first-order valence-electron chi connectivity index (χ1n) is 8.15. The van der Waals surface area contributed by atoms with Gasteiger partial charge in [0.05, 0.1) is 0 Å². The lowest BCUT2D eigenvalue weighted by Gasteiger charge is -2.05. The van der Waals surface area contributed by atoms with Gasteiger partial charge in [-0.15, -0.1) is 0 Å². The van der Waals surface area contributed by atoms with Gasteiger partial charge in [0.1, 0.15) is 0 Å². The van der Waals surface area contributed by atoms with Crippen molar-refractivity contribution < 1.29 is 0 Å². The summed E-state index contributed by atoms with van der Waals surface area (Å²) in [6.45, 7) is 0. The van der Waals surface area contributed by atoms with Gasteiger partial charge < -0.3 is 0 Å². The normalized spacial score (nSPS) is 10.3. The molecule has 4 aromatic carbocycles. The van der Waals surface area contributed by atoms with Gasteiger partial charge >= 0.3 is 0 Å². The molecule has 25 heavy (non-hydrogen) atoms. The molecule has 4 aromatic rings. The molecule has 0 atom stereocenters. The first-order chi connectivity index (χ1) is 12.3. The molecule has 0 amide bonds. The second kappa shape index (κ2) is 6.97. The van der Waals surface area contributed by atoms with Gasteiger partial charge in [-0.3, -0.25) is 0 Å². The van der Waals surface area contributed by atoms with Crippen LogP contribution in [0.2, 0.25) is 0 Å². The van der Waals surface area contributed by atoms with Crippen molar-refractivity contribution in [3.63, 3.8) is 0 Å². The van der Waals surface area contributed by atoms with Gasteiger partial charge in [-0.25, -0.2) is 0 Å². The zero-order valence-electron chi connectivity index (χ0n) is 13.5. The van der Waals surface area contributed by atoms with Crippen LogP contribution in [0.15, 0.2) is 95.5 Å². The van der Waals surface area contributed by atoms with E-state index in [4.69, 9.17) is 0 Å². The van der Waals surface area contributed by atoms with Gasteiger partial charge in [0.15, 0.2) is 0 Å². The van der Waals surface area contributed by atoms with E-state index >= 15 is 0 Å². The summed E-state index contributed by atoms with van der Waals surface area (Å²) in [5.41, 5.74) is 4.41. The molecule has 0 aliphatic heterocycles. The molecule has 0 radical (unpaired) electrons. The lowest BCUT2D eigenvalue weighted by molar-refractivity contribution is 1.58. The standard InChI is InChI=1S/C24H15Br/c25-24-11-4-3-8-20(24)13-12-18-6-5-10-21(16-18)23-15-14-19-7-1-2-9-22(19)17-23/h1-11,14-17H. The third-order valence-corrected chi connectivity index (χ3v) is 4.85. The molecule has 0 N–H and O–H groups in total. The van der Waals surface area contributed by atoms with Gasteiger partial charge in [-0.1, -0.05) is 72.5 Å². The van der Waals surface area contributed by atoms with Crippen LogP contribution >= 0.6 is 15.9 Å². The van der Waals surface area contributed by atoms with Crippen LogP contribution in [0.5, 0.6) is 0 Å². The van der Waals surface area contributed by atoms with E-state index in [9.17, 15) is 0 Å². The second-order valence-electron chi connectivity index (χ2n) is 5.87. The number of hydrogen-bond acceptors (Lipinski definition) is 0. The van der Waals surface area contributed by atoms with Crippen molar-refractivity contribution >= 4 is 26.7 Å². The Labute approximate surface area is 156 Å². The Morgan fingerprint density at radius 2 is 1.32 bits per heavy atom. The number of hydrogen-bond donors (Lipinski definition) is 0. The van der Waals surface area contributed by atoms with Gasteiger partial charge in [0, 0.05) is 15.6 Å². The molecule has 0 saturated carbocycles. The minimum atomic E-state index is 0.999. The topological polar surface area (TPSA) is 0 Å². The van der Waals surface area contributed by atoms with Gasteiger partial charge in [-0.05, 0) is 68.2 Å². The van der Waals surface area contributed by atoms with Gasteiger partial charge in [0.25, 0.3) is 0 Å². The highest BCUT2D eigenvalue weighted by molar-refractivity contribution is 9.10. The first-order valence-corrected chi connectivity index (χ1v) is 8.95. The minimum Gasteiger partial charge on any atom is -0.0616 e. The fourth-order valence-electron chi connectivity index (χ4n) is 2.85. The summed E-state index contributed by atoms with van der Waals surface area (Å²) in [5.74, 6) is 6.51. The average Bonchev–Trinajstić information content (AvgIpc) is 2.67. The maximum atomic E-state index is 3.54. The highest BCUT2D eigenvalue weighted by Gasteiger charge is 2.00. The molecule has 0 heterocycles. The van der Waals surface area contributed by atoms with Crippen molar-refractivity contribution in [2.45, 2.75) is 0 Å². The summed E-state index contributed by atoms with van der Waals surface area (Å²) in [6.07, 6.45) is 0. The lowest BCUT2D eigenvalue weighted by atomic mass is 10.00. The second-order valence-corrected chi connectivity index (χ2v) is 6.73. The van der Waals surface area contributed by atoms with Gasteiger partial charge in [-0.2, -0.15) is 0 Å². The molecule has 4 rings (SSSR count). The van der Waals surface area contributed by atoms with Crippen LogP contribution in [-0.2, 0) is 0 Å². The molecule has 0 aromatic heterocycles.